The Kier molecular flexibility index (Phi) is 13.2. The van der Waals surface area contributed by atoms with Gasteiger partial charge in [-0.3, -0.25) is 0 Å². The molecular formula is C17H32N2O4. The van der Waals surface area contributed by atoms with Crippen molar-refractivity contribution in [3.63, 3.8) is 0 Å². The standard InChI is InChI=1S/C10H19NO2.C7H13NO2/c1-8(2)9(12)13-7-6-11-10(3,4)5;1-6(2)7(9)10-5-4-8-3/h11H,1,6-7H2,2-5H3;8H,1,4-5H2,2-3H3. The highest BCUT2D eigenvalue weighted by Gasteiger charge is 2.08. The summed E-state index contributed by atoms with van der Waals surface area (Å²) in [5.41, 5.74) is 0.946. The van der Waals surface area contributed by atoms with Gasteiger partial charge in [0.15, 0.2) is 0 Å². The molecule has 0 aliphatic carbocycles. The number of nitrogens with one attached hydrogen (secondary N) is 2. The van der Waals surface area contributed by atoms with Crippen LogP contribution in [0.2, 0.25) is 0 Å². The van der Waals surface area contributed by atoms with Crippen molar-refractivity contribution in [2.75, 3.05) is 33.4 Å². The maximum atomic E-state index is 10.9. The Labute approximate surface area is 140 Å². The number of rotatable bonds is 8. The van der Waals surface area contributed by atoms with Gasteiger partial charge in [0.2, 0.25) is 0 Å². The second-order valence-electron chi connectivity index (χ2n) is 6.11. The van der Waals surface area contributed by atoms with Crippen molar-refractivity contribution in [2.45, 2.75) is 40.2 Å². The highest BCUT2D eigenvalue weighted by molar-refractivity contribution is 5.87. The largest absolute Gasteiger partial charge is 0.461 e. The molecule has 0 heterocycles. The summed E-state index contributed by atoms with van der Waals surface area (Å²) in [6, 6.07) is 0. The fourth-order valence-corrected chi connectivity index (χ4v) is 1.06. The van der Waals surface area contributed by atoms with E-state index in [9.17, 15) is 9.59 Å². The van der Waals surface area contributed by atoms with Crippen molar-refractivity contribution >= 4 is 11.9 Å². The Morgan fingerprint density at radius 3 is 1.61 bits per heavy atom. The summed E-state index contributed by atoms with van der Waals surface area (Å²) in [7, 11) is 1.80. The van der Waals surface area contributed by atoms with Gasteiger partial charge in [-0.2, -0.15) is 0 Å². The van der Waals surface area contributed by atoms with Crippen molar-refractivity contribution in [1.29, 1.82) is 0 Å². The third-order valence-corrected chi connectivity index (χ3v) is 2.27. The maximum absolute atomic E-state index is 10.9. The first-order valence-corrected chi connectivity index (χ1v) is 7.56. The summed E-state index contributed by atoms with van der Waals surface area (Å²) >= 11 is 0. The molecule has 0 spiro atoms. The number of likely N-dealkylation sites (N-methyl/N-ethyl adjacent to an activating group) is 1. The highest BCUT2D eigenvalue weighted by Crippen LogP contribution is 1.97. The summed E-state index contributed by atoms with van der Waals surface area (Å²) in [6.07, 6.45) is 0. The lowest BCUT2D eigenvalue weighted by Gasteiger charge is -2.20. The molecule has 0 rings (SSSR count). The van der Waals surface area contributed by atoms with Gasteiger partial charge in [0.1, 0.15) is 13.2 Å². The van der Waals surface area contributed by atoms with E-state index in [-0.39, 0.29) is 17.5 Å². The van der Waals surface area contributed by atoms with Crippen LogP contribution >= 0.6 is 0 Å². The molecular weight excluding hydrogens is 296 g/mol. The normalized spacial score (nSPS) is 10.2. The Morgan fingerprint density at radius 1 is 0.913 bits per heavy atom. The van der Waals surface area contributed by atoms with E-state index >= 15 is 0 Å². The first-order chi connectivity index (χ1) is 10.5. The Hall–Kier alpha value is -1.66. The third kappa shape index (κ3) is 18.3. The van der Waals surface area contributed by atoms with Gasteiger partial charge in [0.05, 0.1) is 0 Å². The molecule has 0 aliphatic rings. The molecule has 6 nitrogen and oxygen atoms in total. The van der Waals surface area contributed by atoms with Crippen LogP contribution in [-0.4, -0.2) is 50.8 Å². The van der Waals surface area contributed by atoms with Gasteiger partial charge in [-0.15, -0.1) is 0 Å². The lowest BCUT2D eigenvalue weighted by atomic mass is 10.1. The van der Waals surface area contributed by atoms with Crippen LogP contribution in [0.5, 0.6) is 0 Å². The van der Waals surface area contributed by atoms with Crippen LogP contribution in [-0.2, 0) is 19.1 Å². The lowest BCUT2D eigenvalue weighted by Crippen LogP contribution is -2.38. The smallest absolute Gasteiger partial charge is 0.333 e. The molecule has 0 saturated heterocycles. The fraction of sp³-hybridized carbons (Fsp3) is 0.647. The maximum Gasteiger partial charge on any atom is 0.333 e. The van der Waals surface area contributed by atoms with Crippen molar-refractivity contribution in [2.24, 2.45) is 0 Å². The van der Waals surface area contributed by atoms with Crippen LogP contribution in [0.1, 0.15) is 34.6 Å². The Bertz CT molecular complexity index is 398. The minimum absolute atomic E-state index is 0.0651. The number of carbonyl (C=O) groups is 2. The zero-order valence-electron chi connectivity index (χ0n) is 15.4. The third-order valence-electron chi connectivity index (χ3n) is 2.27. The number of hydrogen-bond acceptors (Lipinski definition) is 6. The molecule has 0 fully saturated rings. The predicted octanol–water partition coefficient (Wildman–Crippen LogP) is 1.82. The summed E-state index contributed by atoms with van der Waals surface area (Å²) in [4.78, 5) is 21.6. The monoisotopic (exact) mass is 328 g/mol. The minimum Gasteiger partial charge on any atom is -0.461 e. The van der Waals surface area contributed by atoms with Crippen LogP contribution in [0.4, 0.5) is 0 Å². The highest BCUT2D eigenvalue weighted by atomic mass is 16.5. The molecule has 0 atom stereocenters. The molecule has 0 saturated carbocycles. The van der Waals surface area contributed by atoms with E-state index in [1.54, 1.807) is 20.9 Å². The number of hydrogen-bond donors (Lipinski definition) is 2. The van der Waals surface area contributed by atoms with E-state index in [1.165, 1.54) is 0 Å². The number of ether oxygens (including phenoxy) is 2. The summed E-state index contributed by atoms with van der Waals surface area (Å²) in [5.74, 6) is -0.647. The second kappa shape index (κ2) is 12.8. The number of esters is 2. The van der Waals surface area contributed by atoms with Crippen molar-refractivity contribution in [3.05, 3.63) is 24.3 Å². The SMILES string of the molecule is C=C(C)C(=O)OCCNC.C=C(C)C(=O)OCCNC(C)(C)C. The van der Waals surface area contributed by atoms with Crippen LogP contribution in [0, 0.1) is 0 Å². The lowest BCUT2D eigenvalue weighted by molar-refractivity contribution is -0.139. The van der Waals surface area contributed by atoms with E-state index in [2.05, 4.69) is 44.6 Å². The average molecular weight is 328 g/mol. The van der Waals surface area contributed by atoms with E-state index in [1.807, 2.05) is 0 Å². The van der Waals surface area contributed by atoms with Crippen molar-refractivity contribution in [1.82, 2.24) is 10.6 Å². The van der Waals surface area contributed by atoms with E-state index < -0.39 is 0 Å². The predicted molar refractivity (Wildman–Crippen MR) is 93.2 cm³/mol. The van der Waals surface area contributed by atoms with Gasteiger partial charge < -0.3 is 20.1 Å². The van der Waals surface area contributed by atoms with Gasteiger partial charge in [-0.05, 0) is 41.7 Å². The number of carbonyl (C=O) groups excluding carboxylic acids is 2. The molecule has 2 N–H and O–H groups in total. The molecule has 0 aromatic carbocycles. The van der Waals surface area contributed by atoms with Gasteiger partial charge in [0.25, 0.3) is 0 Å². The summed E-state index contributed by atoms with van der Waals surface area (Å²) in [5, 5.41) is 6.06. The first kappa shape index (κ1) is 23.6. The molecule has 0 radical (unpaired) electrons. The molecule has 0 amide bonds. The molecule has 0 aromatic heterocycles. The van der Waals surface area contributed by atoms with Crippen LogP contribution in [0.3, 0.4) is 0 Å². The average Bonchev–Trinajstić information content (AvgIpc) is 2.42. The van der Waals surface area contributed by atoms with Crippen LogP contribution in [0.15, 0.2) is 24.3 Å². The quantitative estimate of drug-likeness (QED) is 0.402. The van der Waals surface area contributed by atoms with Gasteiger partial charge in [-0.25, -0.2) is 9.59 Å². The van der Waals surface area contributed by atoms with Gasteiger partial charge in [-0.1, -0.05) is 13.2 Å². The zero-order valence-corrected chi connectivity index (χ0v) is 15.4. The van der Waals surface area contributed by atoms with Crippen molar-refractivity contribution in [3.8, 4) is 0 Å². The molecule has 23 heavy (non-hydrogen) atoms. The summed E-state index contributed by atoms with van der Waals surface area (Å²) in [6.45, 7) is 18.5. The van der Waals surface area contributed by atoms with Crippen LogP contribution in [0.25, 0.3) is 0 Å². The zero-order chi connectivity index (χ0) is 18.5. The molecule has 0 aliphatic heterocycles. The molecule has 0 unspecified atom stereocenters. The Morgan fingerprint density at radius 2 is 1.30 bits per heavy atom. The topological polar surface area (TPSA) is 76.7 Å². The fourth-order valence-electron chi connectivity index (χ4n) is 1.06. The first-order valence-electron chi connectivity index (χ1n) is 7.56. The summed E-state index contributed by atoms with van der Waals surface area (Å²) < 4.78 is 9.64. The van der Waals surface area contributed by atoms with Crippen molar-refractivity contribution < 1.29 is 19.1 Å². The van der Waals surface area contributed by atoms with E-state index in [0.29, 0.717) is 37.4 Å². The minimum atomic E-state index is -0.324. The van der Waals surface area contributed by atoms with Crippen LogP contribution < -0.4 is 10.6 Å². The van der Waals surface area contributed by atoms with Gasteiger partial charge in [0, 0.05) is 29.8 Å². The molecule has 0 aromatic rings. The molecule has 6 heteroatoms. The van der Waals surface area contributed by atoms with E-state index in [4.69, 9.17) is 9.47 Å². The molecule has 134 valence electrons. The second-order valence-corrected chi connectivity index (χ2v) is 6.11. The Balaban J connectivity index is 0. The van der Waals surface area contributed by atoms with Gasteiger partial charge >= 0.3 is 11.9 Å². The van der Waals surface area contributed by atoms with E-state index in [0.717, 1.165) is 0 Å². The molecule has 0 bridgehead atoms.